The van der Waals surface area contributed by atoms with Crippen molar-refractivity contribution >= 4 is 66.9 Å². The van der Waals surface area contributed by atoms with Crippen molar-refractivity contribution in [1.29, 1.82) is 0 Å². The van der Waals surface area contributed by atoms with Gasteiger partial charge in [0.2, 0.25) is 0 Å². The number of aromatic hydroxyl groups is 2. The Morgan fingerprint density at radius 3 is 1.09 bits per heavy atom. The fourth-order valence-corrected chi connectivity index (χ4v) is 6.37. The minimum absolute atomic E-state index is 0. The molecule has 0 aromatic heterocycles. The van der Waals surface area contributed by atoms with Crippen LogP contribution in [0.15, 0.2) is 156 Å². The van der Waals surface area contributed by atoms with Crippen LogP contribution in [0.25, 0.3) is 54.2 Å². The van der Waals surface area contributed by atoms with Crippen LogP contribution in [0.5, 0.6) is 11.5 Å². The van der Waals surface area contributed by atoms with Gasteiger partial charge in [-0.2, -0.15) is 0 Å². The maximum absolute atomic E-state index is 10.9. The van der Waals surface area contributed by atoms with Crippen molar-refractivity contribution in [2.75, 3.05) is 0 Å². The van der Waals surface area contributed by atoms with Crippen LogP contribution < -0.4 is 0 Å². The zero-order valence-corrected chi connectivity index (χ0v) is 28.5. The normalized spacial score (nSPS) is 11.7. The molecule has 0 aliphatic carbocycles. The van der Waals surface area contributed by atoms with Crippen molar-refractivity contribution < 1.29 is 29.7 Å². The third kappa shape index (κ3) is 5.45. The SMILES string of the molecule is Oc1ccc2ccccc2c1C=Nc1ccc2ccccc2c1-c1c(N=Cc2c(O)ccc3ccccc23)ccc2ccccc12.[Zn]. The Bertz CT molecular complexity index is 2340. The summed E-state index contributed by atoms with van der Waals surface area (Å²) < 4.78 is 0. The van der Waals surface area contributed by atoms with E-state index in [0.29, 0.717) is 11.1 Å². The maximum atomic E-state index is 10.9. The van der Waals surface area contributed by atoms with Crippen LogP contribution in [0.3, 0.4) is 0 Å². The standard InChI is InChI=1S/C42H28N2O2.Zn/c45-39-23-19-27-9-1-5-13-31(27)35(39)25-43-37-21-17-29-11-3-7-15-33(29)41(37)42-34-16-8-4-12-30(34)18-22-38(42)44-26-36-32-14-6-2-10-28(32)20-24-40(36)46;/h1-26,45-46H;. The van der Waals surface area contributed by atoms with E-state index in [1.807, 2.05) is 97.1 Å². The quantitative estimate of drug-likeness (QED) is 0.143. The molecular weight excluding hydrogens is 630 g/mol. The summed E-state index contributed by atoms with van der Waals surface area (Å²) in [6.45, 7) is 0. The van der Waals surface area contributed by atoms with Crippen LogP contribution in [0.4, 0.5) is 11.4 Å². The molecular formula is C42H28N2O2Zn. The van der Waals surface area contributed by atoms with Crippen LogP contribution in [0.1, 0.15) is 11.1 Å². The number of phenols is 2. The van der Waals surface area contributed by atoms with Gasteiger partial charge in [-0.3, -0.25) is 9.98 Å². The Labute approximate surface area is 284 Å². The Balaban J connectivity index is 0.00000351. The molecule has 0 aliphatic rings. The smallest absolute Gasteiger partial charge is 0.124 e. The summed E-state index contributed by atoms with van der Waals surface area (Å²) in [4.78, 5) is 10.1. The predicted octanol–water partition coefficient (Wildman–Crippen LogP) is 10.9. The Kier molecular flexibility index (Phi) is 8.07. The van der Waals surface area contributed by atoms with Gasteiger partial charge in [-0.15, -0.1) is 0 Å². The summed E-state index contributed by atoms with van der Waals surface area (Å²) in [7, 11) is 0. The molecule has 0 atom stereocenters. The molecule has 0 spiro atoms. The Morgan fingerprint density at radius 1 is 0.362 bits per heavy atom. The zero-order chi connectivity index (χ0) is 31.0. The van der Waals surface area contributed by atoms with E-state index in [-0.39, 0.29) is 31.0 Å². The van der Waals surface area contributed by atoms with Crippen LogP contribution in [0.2, 0.25) is 0 Å². The second-order valence-corrected chi connectivity index (χ2v) is 11.3. The van der Waals surface area contributed by atoms with Crippen molar-refractivity contribution in [3.63, 3.8) is 0 Å². The number of aliphatic imine (C=N–C) groups is 2. The van der Waals surface area contributed by atoms with Gasteiger partial charge in [0.15, 0.2) is 0 Å². The first kappa shape index (κ1) is 30.0. The summed E-state index contributed by atoms with van der Waals surface area (Å²) >= 11 is 0. The van der Waals surface area contributed by atoms with Gasteiger partial charge in [0.05, 0.1) is 11.4 Å². The topological polar surface area (TPSA) is 65.2 Å². The molecule has 0 saturated heterocycles. The van der Waals surface area contributed by atoms with E-state index >= 15 is 0 Å². The molecule has 0 heterocycles. The fourth-order valence-electron chi connectivity index (χ4n) is 6.37. The van der Waals surface area contributed by atoms with Crippen molar-refractivity contribution in [2.24, 2.45) is 9.98 Å². The molecule has 4 nitrogen and oxygen atoms in total. The van der Waals surface area contributed by atoms with Gasteiger partial charge in [-0.1, -0.05) is 121 Å². The summed E-state index contributed by atoms with van der Waals surface area (Å²) in [5.41, 5.74) is 4.73. The molecule has 220 valence electrons. The number of nitrogens with zero attached hydrogens (tertiary/aromatic N) is 2. The number of fused-ring (bicyclic) bond motifs is 4. The van der Waals surface area contributed by atoms with Gasteiger partial charge < -0.3 is 10.2 Å². The molecule has 0 bridgehead atoms. The largest absolute Gasteiger partial charge is 0.507 e. The van der Waals surface area contributed by atoms with Gasteiger partial charge >= 0.3 is 0 Å². The van der Waals surface area contributed by atoms with Crippen LogP contribution in [-0.2, 0) is 19.5 Å². The number of hydrogen-bond donors (Lipinski definition) is 2. The minimum Gasteiger partial charge on any atom is -0.507 e. The van der Waals surface area contributed by atoms with E-state index < -0.39 is 0 Å². The second kappa shape index (κ2) is 12.6. The van der Waals surface area contributed by atoms with Crippen molar-refractivity contribution in [2.45, 2.75) is 0 Å². The van der Waals surface area contributed by atoms with E-state index in [4.69, 9.17) is 9.98 Å². The first-order chi connectivity index (χ1) is 22.7. The molecule has 47 heavy (non-hydrogen) atoms. The fraction of sp³-hybridized carbons (Fsp3) is 0. The first-order valence-electron chi connectivity index (χ1n) is 15.2. The molecule has 2 N–H and O–H groups in total. The molecule has 0 radical (unpaired) electrons. The van der Waals surface area contributed by atoms with Gasteiger partial charge in [-0.25, -0.2) is 0 Å². The van der Waals surface area contributed by atoms with E-state index in [2.05, 4.69) is 36.4 Å². The van der Waals surface area contributed by atoms with Crippen LogP contribution in [-0.4, -0.2) is 22.6 Å². The average molecular weight is 658 g/mol. The average Bonchev–Trinajstić information content (AvgIpc) is 3.10. The summed E-state index contributed by atoms with van der Waals surface area (Å²) in [6.07, 6.45) is 3.51. The molecule has 0 aliphatic heterocycles. The third-order valence-electron chi connectivity index (χ3n) is 8.62. The summed E-state index contributed by atoms with van der Waals surface area (Å²) in [5, 5.41) is 29.9. The summed E-state index contributed by atoms with van der Waals surface area (Å²) in [6, 6.07) is 48.0. The molecule has 0 unspecified atom stereocenters. The second-order valence-electron chi connectivity index (χ2n) is 11.3. The zero-order valence-electron chi connectivity index (χ0n) is 25.5. The van der Waals surface area contributed by atoms with Crippen LogP contribution >= 0.6 is 0 Å². The molecule has 0 fully saturated rings. The van der Waals surface area contributed by atoms with E-state index in [9.17, 15) is 10.2 Å². The number of phenolic OH excluding ortho intramolecular Hbond substituents is 2. The van der Waals surface area contributed by atoms with Crippen molar-refractivity contribution in [1.82, 2.24) is 0 Å². The predicted molar refractivity (Wildman–Crippen MR) is 193 cm³/mol. The first-order valence-corrected chi connectivity index (χ1v) is 15.2. The monoisotopic (exact) mass is 656 g/mol. The van der Waals surface area contributed by atoms with Gasteiger partial charge in [0, 0.05) is 54.2 Å². The van der Waals surface area contributed by atoms with Gasteiger partial charge in [-0.05, 0) is 67.4 Å². The number of benzene rings is 8. The van der Waals surface area contributed by atoms with E-state index in [0.717, 1.165) is 65.6 Å². The van der Waals surface area contributed by atoms with Crippen molar-refractivity contribution in [3.8, 4) is 22.6 Å². The van der Waals surface area contributed by atoms with E-state index in [1.54, 1.807) is 24.6 Å². The third-order valence-corrected chi connectivity index (χ3v) is 8.62. The number of hydrogen-bond acceptors (Lipinski definition) is 4. The molecule has 8 rings (SSSR count). The number of rotatable bonds is 5. The molecule has 8 aromatic rings. The Morgan fingerprint density at radius 2 is 0.681 bits per heavy atom. The maximum Gasteiger partial charge on any atom is 0.124 e. The van der Waals surface area contributed by atoms with E-state index in [1.165, 1.54) is 0 Å². The summed E-state index contributed by atoms with van der Waals surface area (Å²) in [5.74, 6) is 0.352. The molecule has 0 amide bonds. The van der Waals surface area contributed by atoms with Gasteiger partial charge in [0.25, 0.3) is 0 Å². The van der Waals surface area contributed by atoms with Crippen LogP contribution in [0, 0.1) is 0 Å². The van der Waals surface area contributed by atoms with Gasteiger partial charge in [0.1, 0.15) is 11.5 Å². The Hall–Kier alpha value is -5.64. The molecule has 8 aromatic carbocycles. The minimum atomic E-state index is 0. The molecule has 5 heteroatoms. The molecule has 0 saturated carbocycles. The van der Waals surface area contributed by atoms with Crippen molar-refractivity contribution in [3.05, 3.63) is 157 Å².